The van der Waals surface area contributed by atoms with Gasteiger partial charge in [0.1, 0.15) is 5.75 Å². The first-order chi connectivity index (χ1) is 10.2. The number of nitrogens with zero attached hydrogens (tertiary/aromatic N) is 1. The predicted molar refractivity (Wildman–Crippen MR) is 82.8 cm³/mol. The van der Waals surface area contributed by atoms with Crippen molar-refractivity contribution in [2.24, 2.45) is 0 Å². The maximum atomic E-state index is 11.9. The molecule has 1 aromatic heterocycles. The van der Waals surface area contributed by atoms with Gasteiger partial charge in [0.05, 0.1) is 13.2 Å². The van der Waals surface area contributed by atoms with Crippen molar-refractivity contribution in [1.29, 1.82) is 0 Å². The second-order valence-corrected chi connectivity index (χ2v) is 4.62. The fourth-order valence-electron chi connectivity index (χ4n) is 1.91. The zero-order chi connectivity index (χ0) is 15.1. The van der Waals surface area contributed by atoms with Crippen molar-refractivity contribution in [3.05, 3.63) is 66.0 Å². The van der Waals surface area contributed by atoms with Gasteiger partial charge in [0, 0.05) is 18.5 Å². The number of methoxy groups -OCH3 is 1. The van der Waals surface area contributed by atoms with E-state index < -0.39 is 0 Å². The van der Waals surface area contributed by atoms with E-state index in [4.69, 9.17) is 4.74 Å². The molecule has 1 atom stereocenters. The molecule has 0 saturated carbocycles. The Morgan fingerprint density at radius 3 is 2.76 bits per heavy atom. The second-order valence-electron chi connectivity index (χ2n) is 4.62. The summed E-state index contributed by atoms with van der Waals surface area (Å²) < 4.78 is 5.14. The fraction of sp³-hybridized carbons (Fsp3) is 0.176. The molecule has 0 aliphatic rings. The van der Waals surface area contributed by atoms with Crippen LogP contribution in [0.2, 0.25) is 0 Å². The molecule has 1 amide bonds. The number of ether oxygens (including phenoxy) is 1. The average Bonchev–Trinajstić information content (AvgIpc) is 2.54. The van der Waals surface area contributed by atoms with E-state index in [1.165, 1.54) is 6.08 Å². The Morgan fingerprint density at radius 2 is 2.05 bits per heavy atom. The van der Waals surface area contributed by atoms with E-state index in [2.05, 4.69) is 10.3 Å². The van der Waals surface area contributed by atoms with Crippen molar-refractivity contribution in [3.8, 4) is 5.75 Å². The number of carbonyl (C=O) groups is 1. The van der Waals surface area contributed by atoms with Gasteiger partial charge in [-0.1, -0.05) is 12.1 Å². The summed E-state index contributed by atoms with van der Waals surface area (Å²) in [6.45, 7) is 1.94. The minimum absolute atomic E-state index is 0.0598. The van der Waals surface area contributed by atoms with E-state index in [9.17, 15) is 4.79 Å². The maximum absolute atomic E-state index is 11.9. The predicted octanol–water partition coefficient (Wildman–Crippen LogP) is 2.98. The van der Waals surface area contributed by atoms with E-state index in [0.717, 1.165) is 16.9 Å². The lowest BCUT2D eigenvalue weighted by Crippen LogP contribution is -2.24. The highest BCUT2D eigenvalue weighted by atomic mass is 16.5. The molecular weight excluding hydrogens is 264 g/mol. The number of amides is 1. The van der Waals surface area contributed by atoms with E-state index in [1.807, 2.05) is 43.3 Å². The Bertz CT molecular complexity index is 624. The molecule has 4 heteroatoms. The van der Waals surface area contributed by atoms with Gasteiger partial charge >= 0.3 is 0 Å². The lowest BCUT2D eigenvalue weighted by atomic mass is 10.1. The SMILES string of the molecule is COc1cccc(/C=C/C(=O)NC(C)c2ccncc2)c1. The molecule has 2 rings (SSSR count). The Morgan fingerprint density at radius 1 is 1.29 bits per heavy atom. The maximum Gasteiger partial charge on any atom is 0.244 e. The Hall–Kier alpha value is -2.62. The molecule has 1 aromatic carbocycles. The van der Waals surface area contributed by atoms with Crippen LogP contribution in [0.5, 0.6) is 5.75 Å². The first-order valence-corrected chi connectivity index (χ1v) is 6.71. The van der Waals surface area contributed by atoms with Crippen LogP contribution in [0.1, 0.15) is 24.1 Å². The first kappa shape index (κ1) is 14.8. The first-order valence-electron chi connectivity index (χ1n) is 6.71. The molecule has 0 fully saturated rings. The van der Waals surface area contributed by atoms with Crippen LogP contribution in [0.4, 0.5) is 0 Å². The van der Waals surface area contributed by atoms with E-state index >= 15 is 0 Å². The van der Waals surface area contributed by atoms with Crippen molar-refractivity contribution in [2.75, 3.05) is 7.11 Å². The summed E-state index contributed by atoms with van der Waals surface area (Å²) in [6.07, 6.45) is 6.71. The number of carbonyl (C=O) groups excluding carboxylic acids is 1. The number of aromatic nitrogens is 1. The number of nitrogens with one attached hydrogen (secondary N) is 1. The number of benzene rings is 1. The summed E-state index contributed by atoms with van der Waals surface area (Å²) in [7, 11) is 1.62. The average molecular weight is 282 g/mol. The Kier molecular flexibility index (Phi) is 5.10. The van der Waals surface area contributed by atoms with Crippen LogP contribution < -0.4 is 10.1 Å². The molecule has 108 valence electrons. The zero-order valence-corrected chi connectivity index (χ0v) is 12.1. The van der Waals surface area contributed by atoms with Crippen LogP contribution >= 0.6 is 0 Å². The van der Waals surface area contributed by atoms with Crippen LogP contribution in [-0.4, -0.2) is 18.0 Å². The number of rotatable bonds is 5. The number of hydrogen-bond donors (Lipinski definition) is 1. The molecular formula is C17H18N2O2. The van der Waals surface area contributed by atoms with Crippen molar-refractivity contribution >= 4 is 12.0 Å². The van der Waals surface area contributed by atoms with Crippen molar-refractivity contribution in [2.45, 2.75) is 13.0 Å². The van der Waals surface area contributed by atoms with Crippen LogP contribution in [0.15, 0.2) is 54.9 Å². The molecule has 0 spiro atoms. The number of pyridine rings is 1. The Balaban J connectivity index is 1.96. The molecule has 0 aliphatic heterocycles. The summed E-state index contributed by atoms with van der Waals surface area (Å²) in [5.74, 6) is 0.629. The van der Waals surface area contributed by atoms with Gasteiger partial charge in [-0.25, -0.2) is 0 Å². The molecule has 21 heavy (non-hydrogen) atoms. The smallest absolute Gasteiger partial charge is 0.244 e. The highest BCUT2D eigenvalue weighted by Crippen LogP contribution is 2.14. The van der Waals surface area contributed by atoms with E-state index in [1.54, 1.807) is 25.6 Å². The summed E-state index contributed by atoms with van der Waals surface area (Å²) in [5, 5.41) is 2.91. The molecule has 1 unspecified atom stereocenters. The molecule has 0 saturated heterocycles. The number of hydrogen-bond acceptors (Lipinski definition) is 3. The van der Waals surface area contributed by atoms with Crippen molar-refractivity contribution < 1.29 is 9.53 Å². The summed E-state index contributed by atoms with van der Waals surface area (Å²) in [5.41, 5.74) is 1.94. The topological polar surface area (TPSA) is 51.2 Å². The molecule has 0 aliphatic carbocycles. The van der Waals surface area contributed by atoms with Gasteiger partial charge in [-0.3, -0.25) is 9.78 Å². The van der Waals surface area contributed by atoms with E-state index in [-0.39, 0.29) is 11.9 Å². The van der Waals surface area contributed by atoms with Gasteiger partial charge in [0.25, 0.3) is 0 Å². The van der Waals surface area contributed by atoms with Gasteiger partial charge in [-0.2, -0.15) is 0 Å². The van der Waals surface area contributed by atoms with Crippen LogP contribution in [0.3, 0.4) is 0 Å². The molecule has 2 aromatic rings. The highest BCUT2D eigenvalue weighted by molar-refractivity contribution is 5.92. The molecule has 0 radical (unpaired) electrons. The molecule has 4 nitrogen and oxygen atoms in total. The largest absolute Gasteiger partial charge is 0.497 e. The summed E-state index contributed by atoms with van der Waals surface area (Å²) in [6, 6.07) is 11.2. The third kappa shape index (κ3) is 4.45. The summed E-state index contributed by atoms with van der Waals surface area (Å²) in [4.78, 5) is 15.9. The van der Waals surface area contributed by atoms with Gasteiger partial charge in [-0.15, -0.1) is 0 Å². The quantitative estimate of drug-likeness (QED) is 0.858. The zero-order valence-electron chi connectivity index (χ0n) is 12.1. The minimum Gasteiger partial charge on any atom is -0.497 e. The lowest BCUT2D eigenvalue weighted by molar-refractivity contribution is -0.117. The van der Waals surface area contributed by atoms with Crippen molar-refractivity contribution in [1.82, 2.24) is 10.3 Å². The van der Waals surface area contributed by atoms with Gasteiger partial charge in [-0.05, 0) is 48.4 Å². The van der Waals surface area contributed by atoms with E-state index in [0.29, 0.717) is 0 Å². The molecule has 0 bridgehead atoms. The van der Waals surface area contributed by atoms with Crippen molar-refractivity contribution in [3.63, 3.8) is 0 Å². The monoisotopic (exact) mass is 282 g/mol. The second kappa shape index (κ2) is 7.24. The van der Waals surface area contributed by atoms with Gasteiger partial charge < -0.3 is 10.1 Å². The van der Waals surface area contributed by atoms with Gasteiger partial charge in [0.2, 0.25) is 5.91 Å². The van der Waals surface area contributed by atoms with Crippen LogP contribution in [-0.2, 0) is 4.79 Å². The summed E-state index contributed by atoms with van der Waals surface area (Å²) >= 11 is 0. The standard InChI is InChI=1S/C17H18N2O2/c1-13(15-8-10-18-11-9-15)19-17(20)7-6-14-4-3-5-16(12-14)21-2/h3-13H,1-2H3,(H,19,20)/b7-6+. The normalized spacial score (nSPS) is 12.1. The third-order valence-corrected chi connectivity index (χ3v) is 3.09. The lowest BCUT2D eigenvalue weighted by Gasteiger charge is -2.12. The third-order valence-electron chi connectivity index (χ3n) is 3.09. The molecule has 1 N–H and O–H groups in total. The minimum atomic E-state index is -0.137. The fourth-order valence-corrected chi connectivity index (χ4v) is 1.91. The highest BCUT2D eigenvalue weighted by Gasteiger charge is 2.06. The van der Waals surface area contributed by atoms with Crippen LogP contribution in [0.25, 0.3) is 6.08 Å². The van der Waals surface area contributed by atoms with Crippen LogP contribution in [0, 0.1) is 0 Å². The van der Waals surface area contributed by atoms with Gasteiger partial charge in [0.15, 0.2) is 0 Å². The molecule has 1 heterocycles. The Labute approximate surface area is 124 Å².